The van der Waals surface area contributed by atoms with Crippen molar-refractivity contribution < 1.29 is 14.1 Å². The number of amides is 1. The molecule has 2 aromatic rings. The first-order chi connectivity index (χ1) is 9.47. The maximum absolute atomic E-state index is 13.4. The first-order valence-electron chi connectivity index (χ1n) is 5.43. The summed E-state index contributed by atoms with van der Waals surface area (Å²) >= 11 is 7.07. The molecule has 8 heteroatoms. The molecule has 0 saturated heterocycles. The minimum absolute atomic E-state index is 0.0238. The van der Waals surface area contributed by atoms with Crippen LogP contribution >= 0.6 is 22.9 Å². The number of carbonyl (C=O) groups excluding carboxylic acids is 1. The van der Waals surface area contributed by atoms with E-state index in [0.717, 1.165) is 17.0 Å². The number of benzene rings is 1. The Balaban J connectivity index is 2.06. The molecule has 2 rings (SSSR count). The van der Waals surface area contributed by atoms with Crippen LogP contribution in [-0.2, 0) is 6.54 Å². The van der Waals surface area contributed by atoms with Crippen molar-refractivity contribution in [3.63, 3.8) is 0 Å². The Morgan fingerprint density at radius 1 is 1.40 bits per heavy atom. The number of rotatable bonds is 4. The van der Waals surface area contributed by atoms with E-state index in [9.17, 15) is 19.3 Å². The molecule has 0 aliphatic rings. The normalized spacial score (nSPS) is 10.3. The smallest absolute Gasteiger partial charge is 0.304 e. The second-order valence-corrected chi connectivity index (χ2v) is 5.61. The van der Waals surface area contributed by atoms with Crippen molar-refractivity contribution in [1.82, 2.24) is 5.32 Å². The fourth-order valence-electron chi connectivity index (χ4n) is 1.51. The quantitative estimate of drug-likeness (QED) is 0.694. The lowest BCUT2D eigenvalue weighted by molar-refractivity contribution is -0.387. The predicted octanol–water partition coefficient (Wildman–Crippen LogP) is 3.38. The van der Waals surface area contributed by atoms with Crippen molar-refractivity contribution in [3.05, 3.63) is 61.0 Å². The fraction of sp³-hybridized carbons (Fsp3) is 0.0833. The van der Waals surface area contributed by atoms with E-state index >= 15 is 0 Å². The topological polar surface area (TPSA) is 72.2 Å². The highest BCUT2D eigenvalue weighted by Crippen LogP contribution is 2.21. The summed E-state index contributed by atoms with van der Waals surface area (Å²) in [5.74, 6) is -1.55. The van der Waals surface area contributed by atoms with Gasteiger partial charge in [0.1, 0.15) is 0 Å². The first kappa shape index (κ1) is 14.4. The van der Waals surface area contributed by atoms with E-state index < -0.39 is 22.3 Å². The van der Waals surface area contributed by atoms with E-state index in [1.165, 1.54) is 17.4 Å². The van der Waals surface area contributed by atoms with Gasteiger partial charge in [0, 0.05) is 16.5 Å². The maximum atomic E-state index is 13.4. The molecule has 1 aromatic heterocycles. The highest BCUT2D eigenvalue weighted by Gasteiger charge is 2.16. The van der Waals surface area contributed by atoms with Crippen LogP contribution in [0.5, 0.6) is 0 Å². The molecule has 0 aliphatic heterocycles. The van der Waals surface area contributed by atoms with Crippen LogP contribution in [-0.4, -0.2) is 10.8 Å². The Morgan fingerprint density at radius 2 is 2.15 bits per heavy atom. The Bertz CT molecular complexity index is 674. The lowest BCUT2D eigenvalue weighted by Crippen LogP contribution is -2.22. The molecule has 20 heavy (non-hydrogen) atoms. The number of halogens is 2. The number of hydrogen-bond acceptors (Lipinski definition) is 4. The summed E-state index contributed by atoms with van der Waals surface area (Å²) in [5, 5.41) is 13.1. The maximum Gasteiger partial charge on any atom is 0.304 e. The number of nitrogens with zero attached hydrogens (tertiary/aromatic N) is 1. The minimum Gasteiger partial charge on any atom is -0.347 e. The van der Waals surface area contributed by atoms with Crippen LogP contribution in [0.2, 0.25) is 4.34 Å². The molecule has 0 unspecified atom stereocenters. The zero-order valence-electron chi connectivity index (χ0n) is 9.93. The standard InChI is InChI=1S/C12H8ClFN2O3S/c13-11-4-2-8(20-11)6-15-12(17)7-1-3-10(16(18)19)9(14)5-7/h1-5H,6H2,(H,15,17). The van der Waals surface area contributed by atoms with Gasteiger partial charge in [-0.3, -0.25) is 14.9 Å². The van der Waals surface area contributed by atoms with Crippen molar-refractivity contribution in [2.24, 2.45) is 0 Å². The average molecular weight is 315 g/mol. The lowest BCUT2D eigenvalue weighted by Gasteiger charge is -2.04. The molecule has 1 N–H and O–H groups in total. The van der Waals surface area contributed by atoms with E-state index in [4.69, 9.17) is 11.6 Å². The molecule has 1 heterocycles. The van der Waals surface area contributed by atoms with Gasteiger partial charge in [0.2, 0.25) is 5.82 Å². The predicted molar refractivity (Wildman–Crippen MR) is 73.6 cm³/mol. The molecule has 0 atom stereocenters. The zero-order valence-corrected chi connectivity index (χ0v) is 11.5. The number of nitro groups is 1. The highest BCUT2D eigenvalue weighted by molar-refractivity contribution is 7.16. The third kappa shape index (κ3) is 3.31. The summed E-state index contributed by atoms with van der Waals surface area (Å²) in [7, 11) is 0. The fourth-order valence-corrected chi connectivity index (χ4v) is 2.54. The number of carbonyl (C=O) groups is 1. The summed E-state index contributed by atoms with van der Waals surface area (Å²) in [6.07, 6.45) is 0. The van der Waals surface area contributed by atoms with Gasteiger partial charge in [-0.15, -0.1) is 11.3 Å². The summed E-state index contributed by atoms with van der Waals surface area (Å²) in [6.45, 7) is 0.259. The van der Waals surface area contributed by atoms with Gasteiger partial charge in [-0.1, -0.05) is 11.6 Å². The van der Waals surface area contributed by atoms with Gasteiger partial charge in [0.25, 0.3) is 5.91 Å². The molecule has 0 spiro atoms. The van der Waals surface area contributed by atoms with Crippen molar-refractivity contribution in [2.45, 2.75) is 6.54 Å². The largest absolute Gasteiger partial charge is 0.347 e. The highest BCUT2D eigenvalue weighted by atomic mass is 35.5. The van der Waals surface area contributed by atoms with E-state index in [1.807, 2.05) is 0 Å². The van der Waals surface area contributed by atoms with Gasteiger partial charge in [-0.05, 0) is 24.3 Å². The number of hydrogen-bond donors (Lipinski definition) is 1. The first-order valence-corrected chi connectivity index (χ1v) is 6.63. The Kier molecular flexibility index (Phi) is 4.31. The monoisotopic (exact) mass is 314 g/mol. The zero-order chi connectivity index (χ0) is 14.7. The molecule has 104 valence electrons. The van der Waals surface area contributed by atoms with Gasteiger partial charge in [0.05, 0.1) is 15.8 Å². The molecule has 0 bridgehead atoms. The van der Waals surface area contributed by atoms with Gasteiger partial charge >= 0.3 is 5.69 Å². The van der Waals surface area contributed by atoms with Crippen LogP contribution in [0.25, 0.3) is 0 Å². The Morgan fingerprint density at radius 3 is 2.70 bits per heavy atom. The summed E-state index contributed by atoms with van der Waals surface area (Å²) in [4.78, 5) is 22.3. The second-order valence-electron chi connectivity index (χ2n) is 3.81. The van der Waals surface area contributed by atoms with Gasteiger partial charge in [-0.2, -0.15) is 4.39 Å². The molecule has 5 nitrogen and oxygen atoms in total. The molecule has 0 radical (unpaired) electrons. The van der Waals surface area contributed by atoms with Crippen molar-refractivity contribution in [1.29, 1.82) is 0 Å². The van der Waals surface area contributed by atoms with Crippen LogP contribution in [0.15, 0.2) is 30.3 Å². The van der Waals surface area contributed by atoms with Crippen molar-refractivity contribution in [2.75, 3.05) is 0 Å². The number of nitrogens with one attached hydrogen (secondary N) is 1. The van der Waals surface area contributed by atoms with E-state index in [0.29, 0.717) is 4.34 Å². The molecular weight excluding hydrogens is 307 g/mol. The van der Waals surface area contributed by atoms with Gasteiger partial charge in [-0.25, -0.2) is 0 Å². The van der Waals surface area contributed by atoms with E-state index in [-0.39, 0.29) is 12.1 Å². The Labute approximate surface area is 122 Å². The molecule has 1 aromatic carbocycles. The van der Waals surface area contributed by atoms with Crippen LogP contribution in [0.3, 0.4) is 0 Å². The van der Waals surface area contributed by atoms with E-state index in [2.05, 4.69) is 5.32 Å². The van der Waals surface area contributed by atoms with Crippen molar-refractivity contribution >= 4 is 34.5 Å². The molecular formula is C12H8ClFN2O3S. The average Bonchev–Trinajstić information content (AvgIpc) is 2.81. The van der Waals surface area contributed by atoms with Crippen LogP contribution in [0.1, 0.15) is 15.2 Å². The van der Waals surface area contributed by atoms with Gasteiger partial charge in [0.15, 0.2) is 0 Å². The van der Waals surface area contributed by atoms with E-state index in [1.54, 1.807) is 12.1 Å². The number of thiophene rings is 1. The van der Waals surface area contributed by atoms with Crippen LogP contribution in [0, 0.1) is 15.9 Å². The summed E-state index contributed by atoms with van der Waals surface area (Å²) < 4.78 is 14.0. The van der Waals surface area contributed by atoms with Crippen molar-refractivity contribution in [3.8, 4) is 0 Å². The van der Waals surface area contributed by atoms with Gasteiger partial charge < -0.3 is 5.32 Å². The third-order valence-corrected chi connectivity index (χ3v) is 3.69. The third-order valence-electron chi connectivity index (χ3n) is 2.46. The Hall–Kier alpha value is -1.99. The molecule has 0 fully saturated rings. The molecule has 0 saturated carbocycles. The molecule has 1 amide bonds. The lowest BCUT2D eigenvalue weighted by atomic mass is 10.2. The number of nitro benzene ring substituents is 1. The molecule has 0 aliphatic carbocycles. The minimum atomic E-state index is -1.04. The van der Waals surface area contributed by atoms with Crippen LogP contribution in [0.4, 0.5) is 10.1 Å². The second kappa shape index (κ2) is 5.98. The van der Waals surface area contributed by atoms with Crippen LogP contribution < -0.4 is 5.32 Å². The summed E-state index contributed by atoms with van der Waals surface area (Å²) in [5.41, 5.74) is -0.637. The summed E-state index contributed by atoms with van der Waals surface area (Å²) in [6, 6.07) is 6.49. The SMILES string of the molecule is O=C(NCc1ccc(Cl)s1)c1ccc([N+](=O)[O-])c(F)c1.